The van der Waals surface area contributed by atoms with Gasteiger partial charge >= 0.3 is 0 Å². The number of halogens is 1. The lowest BCUT2D eigenvalue weighted by Crippen LogP contribution is -2.20. The molecular formula is C14H14ClN5O. The SMILES string of the molecule is CCc1nc2n(Cc3ccc(Cl)nc3)c(C)cc(=O)n2n1. The van der Waals surface area contributed by atoms with Crippen molar-refractivity contribution in [3.8, 4) is 0 Å². The largest absolute Gasteiger partial charge is 0.310 e. The summed E-state index contributed by atoms with van der Waals surface area (Å²) < 4.78 is 3.29. The zero-order chi connectivity index (χ0) is 15.0. The van der Waals surface area contributed by atoms with Gasteiger partial charge in [0.2, 0.25) is 5.78 Å². The second-order valence-corrected chi connectivity index (χ2v) is 5.18. The molecule has 108 valence electrons. The van der Waals surface area contributed by atoms with Crippen LogP contribution in [0.15, 0.2) is 29.2 Å². The molecule has 0 radical (unpaired) electrons. The molecule has 3 heterocycles. The number of nitrogens with zero attached hydrogens (tertiary/aromatic N) is 5. The molecular weight excluding hydrogens is 290 g/mol. The van der Waals surface area contributed by atoms with Gasteiger partial charge in [-0.05, 0) is 18.6 Å². The molecule has 0 aliphatic carbocycles. The van der Waals surface area contributed by atoms with E-state index in [0.29, 0.717) is 29.7 Å². The third kappa shape index (κ3) is 2.54. The third-order valence-electron chi connectivity index (χ3n) is 3.29. The average Bonchev–Trinajstić information content (AvgIpc) is 2.90. The summed E-state index contributed by atoms with van der Waals surface area (Å²) in [5.41, 5.74) is 1.65. The molecule has 0 aliphatic heterocycles. The van der Waals surface area contributed by atoms with Crippen molar-refractivity contribution in [2.24, 2.45) is 0 Å². The van der Waals surface area contributed by atoms with Crippen LogP contribution in [0.1, 0.15) is 24.0 Å². The fourth-order valence-corrected chi connectivity index (χ4v) is 2.28. The Morgan fingerprint density at radius 3 is 2.81 bits per heavy atom. The van der Waals surface area contributed by atoms with E-state index in [4.69, 9.17) is 11.6 Å². The van der Waals surface area contributed by atoms with Crippen molar-refractivity contribution in [3.05, 3.63) is 57.0 Å². The summed E-state index contributed by atoms with van der Waals surface area (Å²) in [7, 11) is 0. The Morgan fingerprint density at radius 1 is 1.33 bits per heavy atom. The van der Waals surface area contributed by atoms with Crippen LogP contribution in [0.2, 0.25) is 5.15 Å². The van der Waals surface area contributed by atoms with Gasteiger partial charge < -0.3 is 4.57 Å². The maximum Gasteiger partial charge on any atom is 0.275 e. The summed E-state index contributed by atoms with van der Waals surface area (Å²) in [6, 6.07) is 5.21. The fourth-order valence-electron chi connectivity index (χ4n) is 2.17. The van der Waals surface area contributed by atoms with Crippen LogP contribution in [0.5, 0.6) is 0 Å². The minimum absolute atomic E-state index is 0.166. The molecule has 3 aromatic rings. The first kappa shape index (κ1) is 13.8. The van der Waals surface area contributed by atoms with Crippen molar-refractivity contribution >= 4 is 17.4 Å². The van der Waals surface area contributed by atoms with E-state index in [9.17, 15) is 4.79 Å². The van der Waals surface area contributed by atoms with Gasteiger partial charge in [-0.25, -0.2) is 4.98 Å². The molecule has 3 rings (SSSR count). The quantitative estimate of drug-likeness (QED) is 0.693. The van der Waals surface area contributed by atoms with Crippen molar-refractivity contribution < 1.29 is 0 Å². The van der Waals surface area contributed by atoms with Crippen LogP contribution < -0.4 is 5.56 Å². The highest BCUT2D eigenvalue weighted by atomic mass is 35.5. The molecule has 3 aromatic heterocycles. The summed E-state index contributed by atoms with van der Waals surface area (Å²) in [5.74, 6) is 1.20. The number of hydrogen-bond donors (Lipinski definition) is 0. The number of rotatable bonds is 3. The third-order valence-corrected chi connectivity index (χ3v) is 3.51. The van der Waals surface area contributed by atoms with Gasteiger partial charge in [0.15, 0.2) is 5.82 Å². The lowest BCUT2D eigenvalue weighted by molar-refractivity contribution is 0.728. The van der Waals surface area contributed by atoms with Crippen LogP contribution in [0.4, 0.5) is 0 Å². The summed E-state index contributed by atoms with van der Waals surface area (Å²) in [5, 5.41) is 4.68. The lowest BCUT2D eigenvalue weighted by atomic mass is 10.2. The molecule has 0 spiro atoms. The van der Waals surface area contributed by atoms with Crippen molar-refractivity contribution in [1.82, 2.24) is 24.1 Å². The molecule has 0 amide bonds. The first-order chi connectivity index (χ1) is 10.1. The molecule has 7 heteroatoms. The van der Waals surface area contributed by atoms with Gasteiger partial charge in [-0.15, -0.1) is 5.10 Å². The first-order valence-electron chi connectivity index (χ1n) is 6.65. The Balaban J connectivity index is 2.14. The monoisotopic (exact) mass is 303 g/mol. The molecule has 0 N–H and O–H groups in total. The molecule has 0 aliphatic rings. The molecule has 6 nitrogen and oxygen atoms in total. The van der Waals surface area contributed by atoms with E-state index in [1.54, 1.807) is 18.3 Å². The van der Waals surface area contributed by atoms with E-state index in [0.717, 1.165) is 11.3 Å². The van der Waals surface area contributed by atoms with Gasteiger partial charge in [0.1, 0.15) is 5.15 Å². The minimum atomic E-state index is -0.166. The highest BCUT2D eigenvalue weighted by molar-refractivity contribution is 6.29. The van der Waals surface area contributed by atoms with Crippen LogP contribution >= 0.6 is 11.6 Å². The Bertz CT molecular complexity index is 850. The van der Waals surface area contributed by atoms with E-state index >= 15 is 0 Å². The van der Waals surface area contributed by atoms with E-state index < -0.39 is 0 Å². The van der Waals surface area contributed by atoms with Crippen molar-refractivity contribution in [1.29, 1.82) is 0 Å². The Labute approximate surface area is 126 Å². The van der Waals surface area contributed by atoms with Gasteiger partial charge in [-0.2, -0.15) is 9.50 Å². The van der Waals surface area contributed by atoms with Crippen molar-refractivity contribution in [2.45, 2.75) is 26.8 Å². The smallest absolute Gasteiger partial charge is 0.275 e. The van der Waals surface area contributed by atoms with E-state index in [-0.39, 0.29) is 5.56 Å². The number of aromatic nitrogens is 5. The predicted molar refractivity (Wildman–Crippen MR) is 79.7 cm³/mol. The molecule has 0 bridgehead atoms. The predicted octanol–water partition coefficient (Wildman–Crippen LogP) is 1.86. The zero-order valence-electron chi connectivity index (χ0n) is 11.7. The van der Waals surface area contributed by atoms with E-state index in [2.05, 4.69) is 15.1 Å². The maximum absolute atomic E-state index is 12.0. The molecule has 0 atom stereocenters. The van der Waals surface area contributed by atoms with Crippen LogP contribution in [0, 0.1) is 6.92 Å². The minimum Gasteiger partial charge on any atom is -0.310 e. The van der Waals surface area contributed by atoms with E-state index in [1.807, 2.05) is 24.5 Å². The number of aryl methyl sites for hydroxylation is 2. The fraction of sp³-hybridized carbons (Fsp3) is 0.286. The molecule has 21 heavy (non-hydrogen) atoms. The Kier molecular flexibility index (Phi) is 3.47. The molecule has 0 saturated carbocycles. The summed E-state index contributed by atoms with van der Waals surface area (Å²) in [4.78, 5) is 20.5. The van der Waals surface area contributed by atoms with Crippen molar-refractivity contribution in [3.63, 3.8) is 0 Å². The van der Waals surface area contributed by atoms with Gasteiger partial charge in [0.25, 0.3) is 5.56 Å². The molecule has 0 unspecified atom stereocenters. The van der Waals surface area contributed by atoms with Gasteiger partial charge in [0, 0.05) is 24.4 Å². The summed E-state index contributed by atoms with van der Waals surface area (Å²) in [6.07, 6.45) is 2.40. The highest BCUT2D eigenvalue weighted by Gasteiger charge is 2.11. The molecule has 0 fully saturated rings. The average molecular weight is 304 g/mol. The standard InChI is InChI=1S/C14H14ClN5O/c1-3-12-17-14-19(8-10-4-5-11(15)16-7-10)9(2)6-13(21)20(14)18-12/h4-7H,3,8H2,1-2H3. The van der Waals surface area contributed by atoms with Crippen molar-refractivity contribution in [2.75, 3.05) is 0 Å². The summed E-state index contributed by atoms with van der Waals surface area (Å²) in [6.45, 7) is 4.40. The van der Waals surface area contributed by atoms with Crippen LogP contribution in [0.3, 0.4) is 0 Å². The topological polar surface area (TPSA) is 65.1 Å². The maximum atomic E-state index is 12.0. The molecule has 0 aromatic carbocycles. The first-order valence-corrected chi connectivity index (χ1v) is 7.03. The summed E-state index contributed by atoms with van der Waals surface area (Å²) >= 11 is 5.80. The second kappa shape index (κ2) is 5.29. The molecule has 0 saturated heterocycles. The number of fused-ring (bicyclic) bond motifs is 1. The Hall–Kier alpha value is -2.21. The highest BCUT2D eigenvalue weighted by Crippen LogP contribution is 2.11. The number of pyridine rings is 1. The van der Waals surface area contributed by atoms with Gasteiger partial charge in [-0.1, -0.05) is 24.6 Å². The van der Waals surface area contributed by atoms with Gasteiger partial charge in [-0.3, -0.25) is 4.79 Å². The Morgan fingerprint density at radius 2 is 2.14 bits per heavy atom. The van der Waals surface area contributed by atoms with Crippen LogP contribution in [0.25, 0.3) is 5.78 Å². The van der Waals surface area contributed by atoms with Crippen LogP contribution in [-0.2, 0) is 13.0 Å². The van der Waals surface area contributed by atoms with E-state index in [1.165, 1.54) is 4.52 Å². The second-order valence-electron chi connectivity index (χ2n) is 4.79. The zero-order valence-corrected chi connectivity index (χ0v) is 12.5. The normalized spacial score (nSPS) is 11.2. The number of hydrogen-bond acceptors (Lipinski definition) is 4. The lowest BCUT2D eigenvalue weighted by Gasteiger charge is -2.11. The van der Waals surface area contributed by atoms with Gasteiger partial charge in [0.05, 0.1) is 6.54 Å². The van der Waals surface area contributed by atoms with Crippen LogP contribution in [-0.4, -0.2) is 24.1 Å².